The Morgan fingerprint density at radius 3 is 2.05 bits per heavy atom. The summed E-state index contributed by atoms with van der Waals surface area (Å²) in [5, 5.41) is 15.2. The fraction of sp³-hybridized carbons (Fsp3) is 0.571. The molecule has 0 spiro atoms. The van der Waals surface area contributed by atoms with Gasteiger partial charge < -0.3 is 15.7 Å². The van der Waals surface area contributed by atoms with Crippen molar-refractivity contribution < 1.29 is 5.11 Å². The van der Waals surface area contributed by atoms with Gasteiger partial charge in [0.2, 0.25) is 0 Å². The van der Waals surface area contributed by atoms with Gasteiger partial charge in [-0.05, 0) is 37.1 Å². The summed E-state index contributed by atoms with van der Waals surface area (Å²) in [5.41, 5.74) is 2.73. The molecule has 1 aromatic carbocycles. The fourth-order valence-corrected chi connectivity index (χ4v) is 1.67. The van der Waals surface area contributed by atoms with Crippen LogP contribution in [0.15, 0.2) is 24.3 Å². The number of rotatable bonds is 9. The highest BCUT2D eigenvalue weighted by Gasteiger charge is 1.93. The monoisotopic (exact) mass is 308 g/mol. The molecule has 3 nitrogen and oxygen atoms in total. The molecule has 0 aliphatic rings. The van der Waals surface area contributed by atoms with Gasteiger partial charge in [0.1, 0.15) is 0 Å². The summed E-state index contributed by atoms with van der Waals surface area (Å²) >= 11 is 0. The van der Waals surface area contributed by atoms with Crippen LogP contribution in [0.2, 0.25) is 0 Å². The van der Waals surface area contributed by atoms with Gasteiger partial charge in [0.25, 0.3) is 0 Å². The van der Waals surface area contributed by atoms with Crippen LogP contribution >= 0.6 is 24.8 Å². The minimum Gasteiger partial charge on any atom is -0.395 e. The van der Waals surface area contributed by atoms with Gasteiger partial charge in [0.05, 0.1) is 6.61 Å². The van der Waals surface area contributed by atoms with Crippen LogP contribution in [0.3, 0.4) is 0 Å². The highest BCUT2D eigenvalue weighted by molar-refractivity contribution is 5.85. The van der Waals surface area contributed by atoms with E-state index < -0.39 is 0 Å². The Bertz CT molecular complexity index is 294. The first-order chi connectivity index (χ1) is 8.36. The maximum Gasteiger partial charge on any atom is 0.0555 e. The summed E-state index contributed by atoms with van der Waals surface area (Å²) in [6, 6.07) is 8.77. The van der Waals surface area contributed by atoms with Crippen molar-refractivity contribution in [3.63, 3.8) is 0 Å². The van der Waals surface area contributed by atoms with E-state index in [1.807, 2.05) is 0 Å². The van der Waals surface area contributed by atoms with E-state index >= 15 is 0 Å². The number of halogens is 2. The zero-order valence-electron chi connectivity index (χ0n) is 11.5. The third-order valence-electron chi connectivity index (χ3n) is 2.76. The van der Waals surface area contributed by atoms with Crippen molar-refractivity contribution in [1.29, 1.82) is 0 Å². The van der Waals surface area contributed by atoms with E-state index in [0.29, 0.717) is 6.54 Å². The van der Waals surface area contributed by atoms with Gasteiger partial charge in [-0.25, -0.2) is 0 Å². The first kappa shape index (κ1) is 21.0. The number of hydrogen-bond donors (Lipinski definition) is 3. The molecule has 1 rings (SSSR count). The van der Waals surface area contributed by atoms with E-state index in [9.17, 15) is 0 Å². The third kappa shape index (κ3) is 10.2. The molecule has 0 heterocycles. The molecule has 0 aliphatic heterocycles. The van der Waals surface area contributed by atoms with Crippen molar-refractivity contribution in [2.24, 2.45) is 0 Å². The molecule has 3 N–H and O–H groups in total. The van der Waals surface area contributed by atoms with Crippen molar-refractivity contribution in [2.75, 3.05) is 26.2 Å². The highest BCUT2D eigenvalue weighted by Crippen LogP contribution is 2.04. The van der Waals surface area contributed by atoms with Gasteiger partial charge in [0.15, 0.2) is 0 Å². The topological polar surface area (TPSA) is 44.3 Å². The summed E-state index contributed by atoms with van der Waals surface area (Å²) in [4.78, 5) is 0. The molecule has 112 valence electrons. The Morgan fingerprint density at radius 1 is 0.895 bits per heavy atom. The van der Waals surface area contributed by atoms with E-state index in [-0.39, 0.29) is 31.4 Å². The number of aliphatic hydroxyl groups excluding tert-OH is 1. The van der Waals surface area contributed by atoms with Crippen LogP contribution in [0.25, 0.3) is 0 Å². The second-order valence-corrected chi connectivity index (χ2v) is 4.17. The molecule has 0 atom stereocenters. The van der Waals surface area contributed by atoms with Crippen molar-refractivity contribution >= 4 is 24.8 Å². The molecular formula is C14H26Cl2N2O. The van der Waals surface area contributed by atoms with Crippen molar-refractivity contribution in [3.8, 4) is 0 Å². The maximum atomic E-state index is 8.58. The van der Waals surface area contributed by atoms with Crippen LogP contribution in [-0.4, -0.2) is 31.3 Å². The van der Waals surface area contributed by atoms with Crippen molar-refractivity contribution in [3.05, 3.63) is 35.4 Å². The standard InChI is InChI=1S/C14H24N2O.2ClH/c1-2-13-4-6-14(7-5-13)12-16-9-3-8-15-10-11-17;;/h4-7,15-17H,2-3,8-12H2,1H3;2*1H. The van der Waals surface area contributed by atoms with E-state index in [1.165, 1.54) is 11.1 Å². The van der Waals surface area contributed by atoms with Gasteiger partial charge in [0, 0.05) is 13.1 Å². The molecule has 1 aromatic rings. The van der Waals surface area contributed by atoms with Crippen LogP contribution in [0.1, 0.15) is 24.5 Å². The summed E-state index contributed by atoms with van der Waals surface area (Å²) in [5.74, 6) is 0. The summed E-state index contributed by atoms with van der Waals surface area (Å²) in [7, 11) is 0. The lowest BCUT2D eigenvalue weighted by atomic mass is 10.1. The smallest absolute Gasteiger partial charge is 0.0555 e. The first-order valence-corrected chi connectivity index (χ1v) is 6.47. The van der Waals surface area contributed by atoms with Crippen LogP contribution < -0.4 is 10.6 Å². The van der Waals surface area contributed by atoms with E-state index in [2.05, 4.69) is 41.8 Å². The Hall–Kier alpha value is -0.320. The van der Waals surface area contributed by atoms with Gasteiger partial charge in [-0.1, -0.05) is 31.2 Å². The summed E-state index contributed by atoms with van der Waals surface area (Å²) in [6.45, 7) is 5.99. The zero-order valence-corrected chi connectivity index (χ0v) is 13.2. The van der Waals surface area contributed by atoms with Crippen molar-refractivity contribution in [1.82, 2.24) is 10.6 Å². The predicted molar refractivity (Wildman–Crippen MR) is 86.6 cm³/mol. The Kier molecular flexibility index (Phi) is 15.6. The lowest BCUT2D eigenvalue weighted by molar-refractivity contribution is 0.292. The second-order valence-electron chi connectivity index (χ2n) is 4.17. The number of aliphatic hydroxyl groups is 1. The van der Waals surface area contributed by atoms with Crippen molar-refractivity contribution in [2.45, 2.75) is 26.3 Å². The van der Waals surface area contributed by atoms with E-state index in [1.54, 1.807) is 0 Å². The predicted octanol–water partition coefficient (Wildman–Crippen LogP) is 2.15. The van der Waals surface area contributed by atoms with E-state index in [4.69, 9.17) is 5.11 Å². The third-order valence-corrected chi connectivity index (χ3v) is 2.76. The average molecular weight is 309 g/mol. The summed E-state index contributed by atoms with van der Waals surface area (Å²) < 4.78 is 0. The number of aryl methyl sites for hydroxylation is 1. The molecule has 0 amide bonds. The molecule has 5 heteroatoms. The first-order valence-electron chi connectivity index (χ1n) is 6.47. The quantitative estimate of drug-likeness (QED) is 0.613. The zero-order chi connectivity index (χ0) is 12.3. The van der Waals surface area contributed by atoms with Gasteiger partial charge in [-0.2, -0.15) is 0 Å². The maximum absolute atomic E-state index is 8.58. The molecule has 19 heavy (non-hydrogen) atoms. The van der Waals surface area contributed by atoms with Gasteiger partial charge >= 0.3 is 0 Å². The molecule has 0 fully saturated rings. The van der Waals surface area contributed by atoms with Crippen LogP contribution in [0.5, 0.6) is 0 Å². The molecule has 0 bridgehead atoms. The molecule has 0 radical (unpaired) electrons. The fourth-order valence-electron chi connectivity index (χ4n) is 1.67. The Labute approximate surface area is 129 Å². The molecular weight excluding hydrogens is 283 g/mol. The lowest BCUT2D eigenvalue weighted by Gasteiger charge is -2.06. The number of benzene rings is 1. The molecule has 0 unspecified atom stereocenters. The Morgan fingerprint density at radius 2 is 1.47 bits per heavy atom. The molecule has 0 saturated carbocycles. The minimum atomic E-state index is 0. The normalized spacial score (nSPS) is 9.58. The van der Waals surface area contributed by atoms with Gasteiger partial charge in [-0.15, -0.1) is 24.8 Å². The lowest BCUT2D eigenvalue weighted by Crippen LogP contribution is -2.23. The van der Waals surface area contributed by atoms with Gasteiger partial charge in [-0.3, -0.25) is 0 Å². The van der Waals surface area contributed by atoms with Crippen LogP contribution in [0, 0.1) is 0 Å². The molecule has 0 saturated heterocycles. The van der Waals surface area contributed by atoms with Crippen LogP contribution in [0.4, 0.5) is 0 Å². The number of hydrogen-bond acceptors (Lipinski definition) is 3. The molecule has 0 aliphatic carbocycles. The highest BCUT2D eigenvalue weighted by atomic mass is 35.5. The van der Waals surface area contributed by atoms with Crippen LogP contribution in [-0.2, 0) is 13.0 Å². The largest absolute Gasteiger partial charge is 0.395 e. The molecule has 0 aromatic heterocycles. The SMILES string of the molecule is CCc1ccc(CNCCCNCCO)cc1.Cl.Cl. The second kappa shape index (κ2) is 14.1. The average Bonchev–Trinajstić information content (AvgIpc) is 2.38. The minimum absolute atomic E-state index is 0. The number of nitrogens with one attached hydrogen (secondary N) is 2. The Balaban J connectivity index is 0. The van der Waals surface area contributed by atoms with E-state index in [0.717, 1.165) is 32.5 Å². The summed E-state index contributed by atoms with van der Waals surface area (Å²) in [6.07, 6.45) is 2.19.